The van der Waals surface area contributed by atoms with Crippen LogP contribution in [0.1, 0.15) is 15.9 Å². The van der Waals surface area contributed by atoms with E-state index in [1.54, 1.807) is 38.5 Å². The van der Waals surface area contributed by atoms with Gasteiger partial charge in [0.1, 0.15) is 16.0 Å². The largest absolute Gasteiger partial charge is 0.495 e. The molecular weight excluding hydrogens is 390 g/mol. The van der Waals surface area contributed by atoms with Crippen molar-refractivity contribution in [1.29, 1.82) is 0 Å². The summed E-state index contributed by atoms with van der Waals surface area (Å²) in [6.45, 7) is 1.88. The first-order valence-electron chi connectivity index (χ1n) is 7.40. The highest BCUT2D eigenvalue weighted by atomic mass is 79.9. The van der Waals surface area contributed by atoms with Crippen LogP contribution in [0.5, 0.6) is 23.0 Å². The fourth-order valence-corrected chi connectivity index (χ4v) is 2.86. The van der Waals surface area contributed by atoms with E-state index in [0.29, 0.717) is 38.7 Å². The van der Waals surface area contributed by atoms with Crippen LogP contribution in [-0.4, -0.2) is 34.3 Å². The lowest BCUT2D eigenvalue weighted by Crippen LogP contribution is -2.13. The molecule has 134 valence electrons. The van der Waals surface area contributed by atoms with Crippen LogP contribution < -0.4 is 24.3 Å². The van der Waals surface area contributed by atoms with Gasteiger partial charge < -0.3 is 24.3 Å². The van der Waals surface area contributed by atoms with E-state index in [1.165, 1.54) is 14.2 Å². The number of carbonyl (C=O) groups is 1. The minimum atomic E-state index is -0.292. The van der Waals surface area contributed by atoms with Crippen molar-refractivity contribution in [2.24, 2.45) is 0 Å². The van der Waals surface area contributed by atoms with Crippen LogP contribution >= 0.6 is 15.9 Å². The molecule has 0 spiro atoms. The SMILES string of the molecule is COc1cc(C)c(NC(=O)c2cc(OC)c(Br)c(OC)c2)cc1OC. The fourth-order valence-electron chi connectivity index (χ4n) is 2.31. The molecule has 0 bridgehead atoms. The summed E-state index contributed by atoms with van der Waals surface area (Å²) in [6.07, 6.45) is 0. The first kappa shape index (κ1) is 18.9. The zero-order valence-electron chi connectivity index (χ0n) is 14.7. The molecule has 0 unspecified atom stereocenters. The molecule has 1 amide bonds. The Morgan fingerprint density at radius 1 is 0.840 bits per heavy atom. The molecule has 0 aliphatic carbocycles. The molecule has 2 aromatic carbocycles. The van der Waals surface area contributed by atoms with Gasteiger partial charge in [-0.05, 0) is 46.6 Å². The number of halogens is 1. The number of ether oxygens (including phenoxy) is 4. The minimum absolute atomic E-state index is 0.292. The Labute approximate surface area is 155 Å². The Bertz CT molecular complexity index is 766. The van der Waals surface area contributed by atoms with Crippen molar-refractivity contribution >= 4 is 27.5 Å². The van der Waals surface area contributed by atoms with Gasteiger partial charge in [0.25, 0.3) is 5.91 Å². The zero-order chi connectivity index (χ0) is 18.6. The number of amides is 1. The van der Waals surface area contributed by atoms with E-state index >= 15 is 0 Å². The molecule has 0 radical (unpaired) electrons. The van der Waals surface area contributed by atoms with Gasteiger partial charge in [-0.1, -0.05) is 0 Å². The Morgan fingerprint density at radius 2 is 1.32 bits per heavy atom. The molecule has 7 heteroatoms. The molecule has 0 aliphatic rings. The summed E-state index contributed by atoms with van der Waals surface area (Å²) in [5.41, 5.74) is 1.89. The number of hydrogen-bond acceptors (Lipinski definition) is 5. The van der Waals surface area contributed by atoms with Gasteiger partial charge in [0.05, 0.1) is 28.4 Å². The molecule has 0 saturated heterocycles. The van der Waals surface area contributed by atoms with Gasteiger partial charge in [-0.3, -0.25) is 4.79 Å². The number of aryl methyl sites for hydroxylation is 1. The van der Waals surface area contributed by atoms with Gasteiger partial charge in [-0.15, -0.1) is 0 Å². The summed E-state index contributed by atoms with van der Waals surface area (Å²) in [5, 5.41) is 2.87. The summed E-state index contributed by atoms with van der Waals surface area (Å²) < 4.78 is 21.7. The Balaban J connectivity index is 2.37. The maximum Gasteiger partial charge on any atom is 0.255 e. The third kappa shape index (κ3) is 3.99. The summed E-state index contributed by atoms with van der Waals surface area (Å²) >= 11 is 3.39. The first-order chi connectivity index (χ1) is 11.9. The van der Waals surface area contributed by atoms with Crippen LogP contribution in [-0.2, 0) is 0 Å². The predicted molar refractivity (Wildman–Crippen MR) is 99.5 cm³/mol. The minimum Gasteiger partial charge on any atom is -0.495 e. The van der Waals surface area contributed by atoms with Gasteiger partial charge in [-0.2, -0.15) is 0 Å². The third-order valence-electron chi connectivity index (χ3n) is 3.69. The number of carbonyl (C=O) groups excluding carboxylic acids is 1. The van der Waals surface area contributed by atoms with Crippen molar-refractivity contribution < 1.29 is 23.7 Å². The highest BCUT2D eigenvalue weighted by molar-refractivity contribution is 9.10. The third-order valence-corrected chi connectivity index (χ3v) is 4.47. The second kappa shape index (κ2) is 8.11. The average Bonchev–Trinajstić information content (AvgIpc) is 2.62. The lowest BCUT2D eigenvalue weighted by atomic mass is 10.1. The van der Waals surface area contributed by atoms with Gasteiger partial charge >= 0.3 is 0 Å². The van der Waals surface area contributed by atoms with Crippen LogP contribution in [0.2, 0.25) is 0 Å². The monoisotopic (exact) mass is 409 g/mol. The Morgan fingerprint density at radius 3 is 1.80 bits per heavy atom. The van der Waals surface area contributed by atoms with E-state index in [9.17, 15) is 4.79 Å². The number of anilines is 1. The highest BCUT2D eigenvalue weighted by Gasteiger charge is 2.16. The van der Waals surface area contributed by atoms with Gasteiger partial charge in [0.15, 0.2) is 11.5 Å². The van der Waals surface area contributed by atoms with Crippen LogP contribution in [0.4, 0.5) is 5.69 Å². The number of methoxy groups -OCH3 is 4. The van der Waals surface area contributed by atoms with Crippen molar-refractivity contribution in [2.45, 2.75) is 6.92 Å². The number of rotatable bonds is 6. The van der Waals surface area contributed by atoms with E-state index in [-0.39, 0.29) is 5.91 Å². The maximum absolute atomic E-state index is 12.7. The normalized spacial score (nSPS) is 10.2. The van der Waals surface area contributed by atoms with E-state index < -0.39 is 0 Å². The smallest absolute Gasteiger partial charge is 0.255 e. The molecule has 0 aromatic heterocycles. The summed E-state index contributed by atoms with van der Waals surface area (Å²) in [7, 11) is 6.17. The highest BCUT2D eigenvalue weighted by Crippen LogP contribution is 2.36. The number of benzene rings is 2. The molecule has 1 N–H and O–H groups in total. The van der Waals surface area contributed by atoms with Gasteiger partial charge in [0.2, 0.25) is 0 Å². The van der Waals surface area contributed by atoms with E-state index in [1.807, 2.05) is 6.92 Å². The number of hydrogen-bond donors (Lipinski definition) is 1. The van der Waals surface area contributed by atoms with Crippen molar-refractivity contribution in [3.05, 3.63) is 39.9 Å². The molecule has 0 fully saturated rings. The van der Waals surface area contributed by atoms with Gasteiger partial charge in [0, 0.05) is 17.3 Å². The summed E-state index contributed by atoms with van der Waals surface area (Å²) in [4.78, 5) is 12.7. The van der Waals surface area contributed by atoms with Crippen LogP contribution in [0.25, 0.3) is 0 Å². The van der Waals surface area contributed by atoms with Crippen LogP contribution in [0.15, 0.2) is 28.7 Å². The molecule has 6 nitrogen and oxygen atoms in total. The molecule has 0 aliphatic heterocycles. The first-order valence-corrected chi connectivity index (χ1v) is 8.19. The number of nitrogens with one attached hydrogen (secondary N) is 1. The van der Waals surface area contributed by atoms with Crippen molar-refractivity contribution in [1.82, 2.24) is 0 Å². The van der Waals surface area contributed by atoms with Crippen molar-refractivity contribution in [3.8, 4) is 23.0 Å². The molecule has 25 heavy (non-hydrogen) atoms. The van der Waals surface area contributed by atoms with E-state index in [0.717, 1.165) is 5.56 Å². The second-order valence-electron chi connectivity index (χ2n) is 5.17. The van der Waals surface area contributed by atoms with Crippen molar-refractivity contribution in [2.75, 3.05) is 33.8 Å². The van der Waals surface area contributed by atoms with Crippen LogP contribution in [0.3, 0.4) is 0 Å². The quantitative estimate of drug-likeness (QED) is 0.779. The van der Waals surface area contributed by atoms with Crippen LogP contribution in [0, 0.1) is 6.92 Å². The Hall–Kier alpha value is -2.41. The van der Waals surface area contributed by atoms with E-state index in [4.69, 9.17) is 18.9 Å². The topological polar surface area (TPSA) is 66.0 Å². The molecule has 0 heterocycles. The molecular formula is C18H20BrNO5. The lowest BCUT2D eigenvalue weighted by Gasteiger charge is -2.15. The second-order valence-corrected chi connectivity index (χ2v) is 5.96. The zero-order valence-corrected chi connectivity index (χ0v) is 16.3. The maximum atomic E-state index is 12.7. The van der Waals surface area contributed by atoms with Crippen molar-refractivity contribution in [3.63, 3.8) is 0 Å². The molecule has 0 atom stereocenters. The Kier molecular flexibility index (Phi) is 6.14. The van der Waals surface area contributed by atoms with E-state index in [2.05, 4.69) is 21.2 Å². The summed E-state index contributed by atoms with van der Waals surface area (Å²) in [5.74, 6) is 1.86. The van der Waals surface area contributed by atoms with Gasteiger partial charge in [-0.25, -0.2) is 0 Å². The molecule has 0 saturated carbocycles. The standard InChI is InChI=1S/C18H20BrNO5/c1-10-6-13(22-2)14(23-3)9-12(10)20-18(21)11-7-15(24-4)17(19)16(8-11)25-5/h6-9H,1-5H3,(H,20,21). The predicted octanol–water partition coefficient (Wildman–Crippen LogP) is 4.04. The molecule has 2 aromatic rings. The lowest BCUT2D eigenvalue weighted by molar-refractivity contribution is 0.102. The summed E-state index contributed by atoms with van der Waals surface area (Å²) in [6, 6.07) is 6.80. The fraction of sp³-hybridized carbons (Fsp3) is 0.278. The average molecular weight is 410 g/mol. The molecule has 2 rings (SSSR count).